The van der Waals surface area contributed by atoms with Gasteiger partial charge in [-0.2, -0.15) is 5.10 Å². The second-order valence-corrected chi connectivity index (χ2v) is 9.54. The minimum atomic E-state index is -0.401. The molecule has 12 nitrogen and oxygen atoms in total. The molecule has 0 spiro atoms. The summed E-state index contributed by atoms with van der Waals surface area (Å²) in [5, 5.41) is 19.9. The van der Waals surface area contributed by atoms with Crippen LogP contribution in [0.15, 0.2) is 48.8 Å². The number of carbonyl (C=O) groups excluding carboxylic acids is 1. The van der Waals surface area contributed by atoms with Gasteiger partial charge in [-0.3, -0.25) is 0 Å². The molecule has 3 N–H and O–H groups in total. The third kappa shape index (κ3) is 5.33. The van der Waals surface area contributed by atoms with Gasteiger partial charge in [-0.05, 0) is 50.1 Å². The summed E-state index contributed by atoms with van der Waals surface area (Å²) in [7, 11) is 0. The van der Waals surface area contributed by atoms with Crippen molar-refractivity contribution in [2.45, 2.75) is 38.5 Å². The fourth-order valence-electron chi connectivity index (χ4n) is 5.02. The van der Waals surface area contributed by atoms with Gasteiger partial charge >= 0.3 is 6.03 Å². The summed E-state index contributed by atoms with van der Waals surface area (Å²) in [6, 6.07) is 10.3. The highest BCUT2D eigenvalue weighted by atomic mass is 16.5. The summed E-state index contributed by atoms with van der Waals surface area (Å²) in [6.07, 6.45) is 5.98. The molecule has 3 aromatic heterocycles. The highest BCUT2D eigenvalue weighted by Crippen LogP contribution is 2.33. The maximum atomic E-state index is 12.5. The number of morpholine rings is 1. The van der Waals surface area contributed by atoms with Crippen LogP contribution in [0.4, 0.5) is 22.0 Å². The molecule has 2 atom stereocenters. The number of hydrogen-bond donors (Lipinski definition) is 3. The van der Waals surface area contributed by atoms with Gasteiger partial charge in [0.1, 0.15) is 12.4 Å². The topological polar surface area (TPSA) is 140 Å². The molecule has 0 aliphatic carbocycles. The molecule has 2 fully saturated rings. The van der Waals surface area contributed by atoms with E-state index >= 15 is 0 Å². The fourth-order valence-corrected chi connectivity index (χ4v) is 5.02. The second-order valence-electron chi connectivity index (χ2n) is 9.54. The van der Waals surface area contributed by atoms with Crippen molar-refractivity contribution < 1.29 is 19.4 Å². The number of aryl methyl sites for hydroxylation is 1. The molecule has 0 saturated carbocycles. The molecule has 39 heavy (non-hydrogen) atoms. The summed E-state index contributed by atoms with van der Waals surface area (Å²) in [6.45, 7) is 4.44. The molecule has 2 saturated heterocycles. The minimum Gasteiger partial charge on any atom is -0.475 e. The Morgan fingerprint density at radius 3 is 2.49 bits per heavy atom. The van der Waals surface area contributed by atoms with E-state index < -0.39 is 6.03 Å². The Morgan fingerprint density at radius 2 is 1.79 bits per heavy atom. The zero-order valence-corrected chi connectivity index (χ0v) is 21.6. The first-order valence-electron chi connectivity index (χ1n) is 13.1. The van der Waals surface area contributed by atoms with Crippen LogP contribution < -0.4 is 20.3 Å². The molecule has 12 heteroatoms. The van der Waals surface area contributed by atoms with Crippen LogP contribution in [0.1, 0.15) is 19.8 Å². The summed E-state index contributed by atoms with van der Waals surface area (Å²) >= 11 is 0. The third-order valence-electron chi connectivity index (χ3n) is 6.86. The maximum Gasteiger partial charge on any atom is 0.323 e. The van der Waals surface area contributed by atoms with Crippen molar-refractivity contribution >= 4 is 34.3 Å². The number of fused-ring (bicyclic) bond motifs is 3. The van der Waals surface area contributed by atoms with Crippen LogP contribution in [0.5, 0.6) is 5.88 Å². The quantitative estimate of drug-likeness (QED) is 0.313. The van der Waals surface area contributed by atoms with Crippen molar-refractivity contribution in [1.82, 2.24) is 24.7 Å². The Kier molecular flexibility index (Phi) is 6.95. The number of carbonyl (C=O) groups is 1. The largest absolute Gasteiger partial charge is 0.475 e. The smallest absolute Gasteiger partial charge is 0.323 e. The van der Waals surface area contributed by atoms with E-state index in [2.05, 4.69) is 25.6 Å². The average Bonchev–Trinajstić information content (AvgIpc) is 3.54. The van der Waals surface area contributed by atoms with Crippen LogP contribution in [0, 0.1) is 0 Å². The number of rotatable bonds is 8. The molecule has 0 radical (unpaired) electrons. The lowest BCUT2D eigenvalue weighted by Gasteiger charge is -2.33. The van der Waals surface area contributed by atoms with E-state index in [-0.39, 0.29) is 25.4 Å². The molecule has 2 aliphatic heterocycles. The van der Waals surface area contributed by atoms with Crippen LogP contribution in [0.2, 0.25) is 0 Å². The molecule has 4 aromatic rings. The molecular formula is C27H30N8O4. The van der Waals surface area contributed by atoms with Crippen molar-refractivity contribution in [3.05, 3.63) is 48.8 Å². The van der Waals surface area contributed by atoms with E-state index in [0.717, 1.165) is 48.3 Å². The van der Waals surface area contributed by atoms with Crippen molar-refractivity contribution in [1.29, 1.82) is 0 Å². The number of anilines is 3. The van der Waals surface area contributed by atoms with Crippen LogP contribution in [-0.4, -0.2) is 74.4 Å². The summed E-state index contributed by atoms with van der Waals surface area (Å²) in [5.41, 5.74) is 2.78. The van der Waals surface area contributed by atoms with Crippen molar-refractivity contribution in [2.24, 2.45) is 0 Å². The van der Waals surface area contributed by atoms with Gasteiger partial charge in [-0.25, -0.2) is 24.4 Å². The van der Waals surface area contributed by atoms with Gasteiger partial charge in [0, 0.05) is 37.0 Å². The lowest BCUT2D eigenvalue weighted by Crippen LogP contribution is -2.43. The van der Waals surface area contributed by atoms with Crippen LogP contribution in [0.25, 0.3) is 22.4 Å². The summed E-state index contributed by atoms with van der Waals surface area (Å²) in [4.78, 5) is 28.7. The standard InChI is InChI=1S/C27H30N8O4/c1-2-35-26-22(14-29-35)25(34-15-20-8-9-21(16-34)39-20)32-24(33-26)17-3-5-18(6-4-17)30-27(37)31-19-7-10-23(28-13-19)38-12-11-36/h3-7,10,13-14,20-21,36H,2,8-9,11-12,15-16H2,1H3,(H2,30,31,37). The minimum absolute atomic E-state index is 0.0943. The number of urea groups is 1. The summed E-state index contributed by atoms with van der Waals surface area (Å²) in [5.74, 6) is 1.87. The number of pyridine rings is 1. The normalized spacial score (nSPS) is 18.4. The molecule has 2 amide bonds. The first-order chi connectivity index (χ1) is 19.1. The number of hydrogen-bond acceptors (Lipinski definition) is 9. The number of amides is 2. The predicted molar refractivity (Wildman–Crippen MR) is 146 cm³/mol. The number of benzene rings is 1. The Balaban J connectivity index is 1.19. The van der Waals surface area contributed by atoms with Gasteiger partial charge < -0.3 is 30.1 Å². The van der Waals surface area contributed by atoms with E-state index in [1.807, 2.05) is 42.1 Å². The summed E-state index contributed by atoms with van der Waals surface area (Å²) < 4.78 is 13.2. The molecule has 2 bridgehead atoms. The van der Waals surface area contributed by atoms with Gasteiger partial charge in [0.25, 0.3) is 0 Å². The lowest BCUT2D eigenvalue weighted by molar-refractivity contribution is 0.0303. The SMILES string of the molecule is CCn1ncc2c(N3CC4CCC(C3)O4)nc(-c3ccc(NC(=O)Nc4ccc(OCCO)nc4)cc3)nc21. The van der Waals surface area contributed by atoms with E-state index in [1.54, 1.807) is 12.1 Å². The maximum absolute atomic E-state index is 12.5. The Labute approximate surface area is 225 Å². The number of aliphatic hydroxyl groups is 1. The highest BCUT2D eigenvalue weighted by Gasteiger charge is 2.35. The number of aromatic nitrogens is 5. The van der Waals surface area contributed by atoms with E-state index in [1.165, 1.54) is 6.20 Å². The zero-order valence-electron chi connectivity index (χ0n) is 21.6. The Hall–Kier alpha value is -4.29. The van der Waals surface area contributed by atoms with Crippen LogP contribution in [-0.2, 0) is 11.3 Å². The highest BCUT2D eigenvalue weighted by molar-refractivity contribution is 5.99. The van der Waals surface area contributed by atoms with Gasteiger partial charge in [0.2, 0.25) is 5.88 Å². The Bertz CT molecular complexity index is 1450. The number of aliphatic hydroxyl groups excluding tert-OH is 1. The molecular weight excluding hydrogens is 500 g/mol. The van der Waals surface area contributed by atoms with Crippen molar-refractivity contribution in [3.63, 3.8) is 0 Å². The van der Waals surface area contributed by atoms with E-state index in [4.69, 9.17) is 24.5 Å². The van der Waals surface area contributed by atoms with E-state index in [0.29, 0.717) is 29.6 Å². The fraction of sp³-hybridized carbons (Fsp3) is 0.370. The van der Waals surface area contributed by atoms with Gasteiger partial charge in [-0.1, -0.05) is 0 Å². The molecule has 5 heterocycles. The number of nitrogens with one attached hydrogen (secondary N) is 2. The lowest BCUT2D eigenvalue weighted by atomic mass is 10.2. The van der Waals surface area contributed by atoms with Crippen LogP contribution >= 0.6 is 0 Å². The van der Waals surface area contributed by atoms with Crippen LogP contribution in [0.3, 0.4) is 0 Å². The molecule has 2 unspecified atom stereocenters. The van der Waals surface area contributed by atoms with Crippen molar-refractivity contribution in [3.8, 4) is 17.3 Å². The Morgan fingerprint density at radius 1 is 1.05 bits per heavy atom. The molecule has 2 aliphatic rings. The van der Waals surface area contributed by atoms with E-state index in [9.17, 15) is 4.79 Å². The molecule has 202 valence electrons. The predicted octanol–water partition coefficient (Wildman–Crippen LogP) is 3.29. The van der Waals surface area contributed by atoms with Crippen molar-refractivity contribution in [2.75, 3.05) is 41.8 Å². The van der Waals surface area contributed by atoms with Gasteiger partial charge in [0.05, 0.1) is 42.3 Å². The monoisotopic (exact) mass is 530 g/mol. The molecule has 6 rings (SSSR count). The average molecular weight is 531 g/mol. The number of nitrogens with zero attached hydrogens (tertiary/aromatic N) is 6. The molecule has 1 aromatic carbocycles. The third-order valence-corrected chi connectivity index (χ3v) is 6.86. The first kappa shape index (κ1) is 25.0. The number of ether oxygens (including phenoxy) is 2. The van der Waals surface area contributed by atoms with Gasteiger partial charge in [-0.15, -0.1) is 0 Å². The van der Waals surface area contributed by atoms with Gasteiger partial charge in [0.15, 0.2) is 11.5 Å². The zero-order chi connectivity index (χ0) is 26.8. The first-order valence-corrected chi connectivity index (χ1v) is 13.1. The second kappa shape index (κ2) is 10.8.